The van der Waals surface area contributed by atoms with Crippen LogP contribution >= 0.6 is 0 Å². The lowest BCUT2D eigenvalue weighted by molar-refractivity contribution is -0.135. The number of aliphatic hydroxyl groups is 2. The van der Waals surface area contributed by atoms with E-state index in [2.05, 4.69) is 0 Å². The van der Waals surface area contributed by atoms with E-state index < -0.39 is 36.3 Å². The molecule has 6 heteroatoms. The van der Waals surface area contributed by atoms with Crippen LogP contribution in [0.3, 0.4) is 0 Å². The van der Waals surface area contributed by atoms with E-state index in [9.17, 15) is 18.7 Å². The molecule has 4 nitrogen and oxygen atoms in total. The molecule has 0 radical (unpaired) electrons. The van der Waals surface area contributed by atoms with Crippen molar-refractivity contribution in [3.8, 4) is 0 Å². The predicted octanol–water partition coefficient (Wildman–Crippen LogP) is 0.591. The lowest BCUT2D eigenvalue weighted by Crippen LogP contribution is -2.33. The minimum Gasteiger partial charge on any atom is -0.391 e. The maximum Gasteiger partial charge on any atom is 0.248 e. The van der Waals surface area contributed by atoms with E-state index in [1.165, 1.54) is 11.0 Å². The number of aliphatic hydroxyl groups excluding tert-OH is 2. The summed E-state index contributed by atoms with van der Waals surface area (Å²) in [5.41, 5.74) is 0.409. The number of nitrogens with zero attached hydrogens (tertiary/aromatic N) is 1. The molecule has 1 amide bonds. The second kappa shape index (κ2) is 4.99. The molecule has 1 fully saturated rings. The van der Waals surface area contributed by atoms with Crippen LogP contribution in [0.25, 0.3) is 0 Å². The number of halogens is 2. The molecule has 1 aliphatic rings. The molecule has 2 rings (SSSR count). The Kier molecular flexibility index (Phi) is 3.58. The van der Waals surface area contributed by atoms with Gasteiger partial charge in [0, 0.05) is 6.54 Å². The second-order valence-electron chi connectivity index (χ2n) is 4.28. The summed E-state index contributed by atoms with van der Waals surface area (Å²) < 4.78 is 26.0. The summed E-state index contributed by atoms with van der Waals surface area (Å²) in [5, 5.41) is 18.4. The second-order valence-corrected chi connectivity index (χ2v) is 4.28. The Morgan fingerprint density at radius 3 is 2.72 bits per heavy atom. The Balaban J connectivity index is 2.29. The zero-order valence-corrected chi connectivity index (χ0v) is 9.51. The fourth-order valence-electron chi connectivity index (χ4n) is 2.22. The van der Waals surface area contributed by atoms with E-state index in [4.69, 9.17) is 5.11 Å². The molecule has 1 aliphatic heterocycles. The van der Waals surface area contributed by atoms with Crippen molar-refractivity contribution in [3.05, 3.63) is 35.4 Å². The van der Waals surface area contributed by atoms with Crippen LogP contribution in [0.4, 0.5) is 8.78 Å². The first-order valence-corrected chi connectivity index (χ1v) is 5.56. The fraction of sp³-hybridized carbons (Fsp3) is 0.417. The topological polar surface area (TPSA) is 60.8 Å². The lowest BCUT2D eigenvalue weighted by Gasteiger charge is -2.24. The Labute approximate surface area is 102 Å². The summed E-state index contributed by atoms with van der Waals surface area (Å²) in [5.74, 6) is -2.50. The zero-order valence-electron chi connectivity index (χ0n) is 9.51. The first kappa shape index (κ1) is 12.9. The Bertz CT molecular complexity index is 467. The van der Waals surface area contributed by atoms with Crippen LogP contribution in [0.1, 0.15) is 18.0 Å². The quantitative estimate of drug-likeness (QED) is 0.815. The molecule has 1 aromatic rings. The van der Waals surface area contributed by atoms with Gasteiger partial charge in [0.25, 0.3) is 0 Å². The third kappa shape index (κ3) is 2.34. The van der Waals surface area contributed by atoms with Crippen LogP contribution in [-0.4, -0.2) is 40.3 Å². The summed E-state index contributed by atoms with van der Waals surface area (Å²) in [7, 11) is 0. The largest absolute Gasteiger partial charge is 0.391 e. The molecule has 0 bridgehead atoms. The van der Waals surface area contributed by atoms with Gasteiger partial charge in [-0.25, -0.2) is 8.78 Å². The van der Waals surface area contributed by atoms with Gasteiger partial charge < -0.3 is 15.1 Å². The van der Waals surface area contributed by atoms with Crippen molar-refractivity contribution in [3.63, 3.8) is 0 Å². The van der Waals surface area contributed by atoms with Crippen molar-refractivity contribution in [2.45, 2.75) is 18.6 Å². The van der Waals surface area contributed by atoms with Crippen LogP contribution in [0.2, 0.25) is 0 Å². The van der Waals surface area contributed by atoms with Crippen molar-refractivity contribution in [2.75, 3.05) is 13.2 Å². The lowest BCUT2D eigenvalue weighted by atomic mass is 10.0. The fourth-order valence-corrected chi connectivity index (χ4v) is 2.22. The molecule has 2 N–H and O–H groups in total. The van der Waals surface area contributed by atoms with Gasteiger partial charge in [-0.15, -0.1) is 0 Å². The highest BCUT2D eigenvalue weighted by Gasteiger charge is 2.35. The molecule has 1 heterocycles. The summed E-state index contributed by atoms with van der Waals surface area (Å²) in [6.45, 7) is -0.587. The van der Waals surface area contributed by atoms with Gasteiger partial charge in [0.1, 0.15) is 6.61 Å². The molecule has 2 atom stereocenters. The number of β-amino-alcohol motifs (C(OH)–C–C–N with tert-alkyl or cyclic N) is 1. The van der Waals surface area contributed by atoms with Crippen LogP contribution < -0.4 is 0 Å². The van der Waals surface area contributed by atoms with E-state index in [0.29, 0.717) is 5.56 Å². The first-order chi connectivity index (χ1) is 8.52. The average Bonchev–Trinajstić information content (AvgIpc) is 2.74. The SMILES string of the molecule is O=C(CO)N1CC(O)CC1c1ccc(F)c(F)c1. The molecule has 98 valence electrons. The minimum absolute atomic E-state index is 0.0864. The number of likely N-dealkylation sites (tertiary alicyclic amines) is 1. The number of rotatable bonds is 2. The molecule has 1 saturated heterocycles. The Morgan fingerprint density at radius 2 is 2.11 bits per heavy atom. The maximum absolute atomic E-state index is 13.1. The highest BCUT2D eigenvalue weighted by Crippen LogP contribution is 2.32. The van der Waals surface area contributed by atoms with Gasteiger partial charge in [0.15, 0.2) is 11.6 Å². The molecular weight excluding hydrogens is 244 g/mol. The molecular formula is C12H13F2NO3. The number of carbonyl (C=O) groups excluding carboxylic acids is 1. The molecule has 0 saturated carbocycles. The Morgan fingerprint density at radius 1 is 1.39 bits per heavy atom. The van der Waals surface area contributed by atoms with Crippen molar-refractivity contribution >= 4 is 5.91 Å². The Hall–Kier alpha value is -1.53. The van der Waals surface area contributed by atoms with Crippen LogP contribution in [0.5, 0.6) is 0 Å². The third-order valence-corrected chi connectivity index (χ3v) is 3.06. The standard InChI is InChI=1S/C12H13F2NO3/c13-9-2-1-7(3-10(9)14)11-4-8(17)5-15(11)12(18)6-16/h1-3,8,11,16-17H,4-6H2. The number of carbonyl (C=O) groups is 1. The normalized spacial score (nSPS) is 23.4. The van der Waals surface area contributed by atoms with Gasteiger partial charge in [-0.3, -0.25) is 4.79 Å². The van der Waals surface area contributed by atoms with E-state index in [1.54, 1.807) is 0 Å². The van der Waals surface area contributed by atoms with Crippen molar-refractivity contribution in [2.24, 2.45) is 0 Å². The summed E-state index contributed by atoms with van der Waals surface area (Å²) in [6.07, 6.45) is -0.477. The molecule has 1 aromatic carbocycles. The van der Waals surface area contributed by atoms with Gasteiger partial charge in [0.05, 0.1) is 12.1 Å². The molecule has 2 unspecified atom stereocenters. The van der Waals surface area contributed by atoms with Crippen LogP contribution in [0.15, 0.2) is 18.2 Å². The average molecular weight is 257 g/mol. The van der Waals surface area contributed by atoms with E-state index in [-0.39, 0.29) is 13.0 Å². The van der Waals surface area contributed by atoms with Crippen LogP contribution in [0, 0.1) is 11.6 Å². The van der Waals surface area contributed by atoms with Gasteiger partial charge in [-0.05, 0) is 24.1 Å². The van der Waals surface area contributed by atoms with E-state index in [1.807, 2.05) is 0 Å². The minimum atomic E-state index is -0.995. The van der Waals surface area contributed by atoms with Crippen LogP contribution in [-0.2, 0) is 4.79 Å². The highest BCUT2D eigenvalue weighted by molar-refractivity contribution is 5.78. The number of benzene rings is 1. The van der Waals surface area contributed by atoms with Gasteiger partial charge >= 0.3 is 0 Å². The molecule has 0 spiro atoms. The summed E-state index contributed by atoms with van der Waals surface area (Å²) in [6, 6.07) is 2.83. The van der Waals surface area contributed by atoms with E-state index in [0.717, 1.165) is 12.1 Å². The molecule has 18 heavy (non-hydrogen) atoms. The molecule has 0 aromatic heterocycles. The van der Waals surface area contributed by atoms with Gasteiger partial charge in [-0.2, -0.15) is 0 Å². The smallest absolute Gasteiger partial charge is 0.248 e. The maximum atomic E-state index is 13.1. The zero-order chi connectivity index (χ0) is 13.3. The van der Waals surface area contributed by atoms with Crippen molar-refractivity contribution in [1.82, 2.24) is 4.90 Å². The number of amides is 1. The van der Waals surface area contributed by atoms with Crippen molar-refractivity contribution in [1.29, 1.82) is 0 Å². The highest BCUT2D eigenvalue weighted by atomic mass is 19.2. The third-order valence-electron chi connectivity index (χ3n) is 3.06. The van der Waals surface area contributed by atoms with Gasteiger partial charge in [0.2, 0.25) is 5.91 Å². The van der Waals surface area contributed by atoms with Crippen molar-refractivity contribution < 1.29 is 23.8 Å². The monoisotopic (exact) mass is 257 g/mol. The number of hydrogen-bond donors (Lipinski definition) is 2. The number of hydrogen-bond acceptors (Lipinski definition) is 3. The first-order valence-electron chi connectivity index (χ1n) is 5.56. The van der Waals surface area contributed by atoms with Gasteiger partial charge in [-0.1, -0.05) is 6.07 Å². The summed E-state index contributed by atoms with van der Waals surface area (Å²) in [4.78, 5) is 12.8. The summed E-state index contributed by atoms with van der Waals surface area (Å²) >= 11 is 0. The van der Waals surface area contributed by atoms with E-state index >= 15 is 0 Å². The molecule has 0 aliphatic carbocycles. The predicted molar refractivity (Wildman–Crippen MR) is 58.5 cm³/mol.